The van der Waals surface area contributed by atoms with Gasteiger partial charge in [0.15, 0.2) is 0 Å². The van der Waals surface area contributed by atoms with Gasteiger partial charge in [-0.15, -0.1) is 0 Å². The molecule has 0 unspecified atom stereocenters. The second-order valence-electron chi connectivity index (χ2n) is 5.64. The summed E-state index contributed by atoms with van der Waals surface area (Å²) < 4.78 is 18.9. The van der Waals surface area contributed by atoms with Gasteiger partial charge >= 0.3 is 12.3 Å². The van der Waals surface area contributed by atoms with Crippen molar-refractivity contribution in [3.8, 4) is 0 Å². The topological polar surface area (TPSA) is 71.1 Å². The molecule has 0 saturated carbocycles. The molecule has 28 heavy (non-hydrogen) atoms. The molecule has 0 aliphatic carbocycles. The van der Waals surface area contributed by atoms with Crippen LogP contribution in [-0.4, -0.2) is 49.8 Å². The number of rotatable bonds is 16. The summed E-state index contributed by atoms with van der Waals surface area (Å²) in [7, 11) is 0. The molecule has 0 aromatic heterocycles. The van der Waals surface area contributed by atoms with Gasteiger partial charge in [0.25, 0.3) is 0 Å². The van der Waals surface area contributed by atoms with Crippen LogP contribution in [0, 0.1) is 0 Å². The van der Waals surface area contributed by atoms with Crippen molar-refractivity contribution >= 4 is 40.9 Å². The third-order valence-corrected chi connectivity index (χ3v) is 4.04. The molecule has 0 fully saturated rings. The first-order valence-electron chi connectivity index (χ1n) is 9.60. The molecule has 0 atom stereocenters. The van der Waals surface area contributed by atoms with Crippen LogP contribution in [0.1, 0.15) is 51.4 Å². The van der Waals surface area contributed by atoms with Crippen molar-refractivity contribution in [2.45, 2.75) is 51.4 Å². The molecular formula is C20H35BrO6S. The zero-order valence-electron chi connectivity index (χ0n) is 16.7. The molecule has 0 N–H and O–H groups in total. The van der Waals surface area contributed by atoms with Crippen LogP contribution < -0.4 is 0 Å². The van der Waals surface area contributed by atoms with Crippen molar-refractivity contribution in [3.05, 3.63) is 25.3 Å². The lowest BCUT2D eigenvalue weighted by molar-refractivity contribution is 0.0610. The smallest absolute Gasteiger partial charge is 0.434 e. The van der Waals surface area contributed by atoms with Gasteiger partial charge in [-0.2, -0.15) is 12.6 Å². The van der Waals surface area contributed by atoms with E-state index in [1.807, 2.05) is 0 Å². The molecule has 0 aromatic rings. The second-order valence-corrected chi connectivity index (χ2v) is 6.88. The maximum Gasteiger partial charge on any atom is 0.508 e. The molecule has 0 aliphatic heterocycles. The minimum absolute atomic E-state index is 0.207. The van der Waals surface area contributed by atoms with Crippen molar-refractivity contribution in [1.82, 2.24) is 0 Å². The van der Waals surface area contributed by atoms with E-state index in [1.54, 1.807) is 0 Å². The number of carbonyl (C=O) groups is 2. The fourth-order valence-electron chi connectivity index (χ4n) is 1.77. The first-order valence-corrected chi connectivity index (χ1v) is 11.3. The molecule has 0 amide bonds. The summed E-state index contributed by atoms with van der Waals surface area (Å²) in [6, 6.07) is 0. The number of thiol groups is 1. The Morgan fingerprint density at radius 1 is 0.714 bits per heavy atom. The van der Waals surface area contributed by atoms with Crippen molar-refractivity contribution in [3.63, 3.8) is 0 Å². The van der Waals surface area contributed by atoms with E-state index >= 15 is 0 Å². The Bertz CT molecular complexity index is 357. The maximum atomic E-state index is 10.8. The predicted molar refractivity (Wildman–Crippen MR) is 120 cm³/mol. The predicted octanol–water partition coefficient (Wildman–Crippen LogP) is 6.10. The monoisotopic (exact) mass is 482 g/mol. The van der Waals surface area contributed by atoms with E-state index in [9.17, 15) is 9.59 Å². The van der Waals surface area contributed by atoms with E-state index in [0.29, 0.717) is 13.2 Å². The SMILES string of the molecule is C=CCOC(=O)OCCCCCCBr.C=CCOC(=O)OCCCCCCS. The van der Waals surface area contributed by atoms with Crippen molar-refractivity contribution < 1.29 is 28.5 Å². The van der Waals surface area contributed by atoms with E-state index in [2.05, 4.69) is 51.2 Å². The number of halogens is 1. The minimum Gasteiger partial charge on any atom is -0.434 e. The molecule has 164 valence electrons. The number of hydrogen-bond donors (Lipinski definition) is 1. The van der Waals surface area contributed by atoms with E-state index in [4.69, 9.17) is 9.47 Å². The summed E-state index contributed by atoms with van der Waals surface area (Å²) in [6.45, 7) is 8.14. The van der Waals surface area contributed by atoms with Crippen LogP contribution in [0.15, 0.2) is 25.3 Å². The van der Waals surface area contributed by atoms with Gasteiger partial charge in [-0.3, -0.25) is 0 Å². The van der Waals surface area contributed by atoms with Gasteiger partial charge in [0.1, 0.15) is 13.2 Å². The summed E-state index contributed by atoms with van der Waals surface area (Å²) >= 11 is 7.46. The average molecular weight is 483 g/mol. The number of carbonyl (C=O) groups excluding carboxylic acids is 2. The highest BCUT2D eigenvalue weighted by molar-refractivity contribution is 9.09. The molecule has 8 heteroatoms. The average Bonchev–Trinajstić information content (AvgIpc) is 2.70. The fourth-order valence-corrected chi connectivity index (χ4v) is 2.39. The van der Waals surface area contributed by atoms with Crippen LogP contribution in [0.5, 0.6) is 0 Å². The first kappa shape index (κ1) is 29.1. The van der Waals surface area contributed by atoms with Crippen molar-refractivity contribution in [2.24, 2.45) is 0 Å². The lowest BCUT2D eigenvalue weighted by Gasteiger charge is -2.03. The van der Waals surface area contributed by atoms with E-state index < -0.39 is 12.3 Å². The molecule has 6 nitrogen and oxygen atoms in total. The highest BCUT2D eigenvalue weighted by atomic mass is 79.9. The highest BCUT2D eigenvalue weighted by Crippen LogP contribution is 2.03. The summed E-state index contributed by atoms with van der Waals surface area (Å²) in [5.41, 5.74) is 0. The van der Waals surface area contributed by atoms with Gasteiger partial charge in [-0.25, -0.2) is 9.59 Å². The van der Waals surface area contributed by atoms with E-state index in [-0.39, 0.29) is 13.2 Å². The molecule has 0 heterocycles. The fraction of sp³-hybridized carbons (Fsp3) is 0.700. The summed E-state index contributed by atoms with van der Waals surface area (Å²) in [5, 5.41) is 1.04. The highest BCUT2D eigenvalue weighted by Gasteiger charge is 2.01. The Morgan fingerprint density at radius 2 is 1.14 bits per heavy atom. The lowest BCUT2D eigenvalue weighted by atomic mass is 10.2. The van der Waals surface area contributed by atoms with Gasteiger partial charge in [-0.05, 0) is 31.4 Å². The van der Waals surface area contributed by atoms with Gasteiger partial charge in [0.2, 0.25) is 0 Å². The maximum absolute atomic E-state index is 10.8. The number of alkyl halides is 1. The summed E-state index contributed by atoms with van der Waals surface area (Å²) in [4.78, 5) is 21.6. The third kappa shape index (κ3) is 27.1. The molecule has 0 bridgehead atoms. The molecule has 0 rings (SSSR count). The normalized spacial score (nSPS) is 9.50. The second kappa shape index (κ2) is 25.9. The zero-order valence-corrected chi connectivity index (χ0v) is 19.2. The molecule has 0 saturated heterocycles. The Balaban J connectivity index is 0. The molecular weight excluding hydrogens is 448 g/mol. The number of unbranched alkanes of at least 4 members (excludes halogenated alkanes) is 6. The van der Waals surface area contributed by atoms with Crippen molar-refractivity contribution in [2.75, 3.05) is 37.5 Å². The van der Waals surface area contributed by atoms with E-state index in [0.717, 1.165) is 56.0 Å². The Kier molecular flexibility index (Phi) is 26.8. The summed E-state index contributed by atoms with van der Waals surface area (Å²) in [6.07, 6.45) is 10.3. The summed E-state index contributed by atoms with van der Waals surface area (Å²) in [5.74, 6) is 0.919. The molecule has 0 aliphatic rings. The third-order valence-electron chi connectivity index (χ3n) is 3.16. The van der Waals surface area contributed by atoms with Crippen LogP contribution in [0.3, 0.4) is 0 Å². The Morgan fingerprint density at radius 3 is 1.54 bits per heavy atom. The van der Waals surface area contributed by atoms with Crippen LogP contribution in [0.25, 0.3) is 0 Å². The number of ether oxygens (including phenoxy) is 4. The van der Waals surface area contributed by atoms with Gasteiger partial charge < -0.3 is 18.9 Å². The van der Waals surface area contributed by atoms with Crippen molar-refractivity contribution in [1.29, 1.82) is 0 Å². The van der Waals surface area contributed by atoms with Gasteiger partial charge in [-0.1, -0.05) is 66.9 Å². The molecule has 0 aromatic carbocycles. The minimum atomic E-state index is -0.612. The molecule has 0 spiro atoms. The van der Waals surface area contributed by atoms with Crippen LogP contribution in [0.2, 0.25) is 0 Å². The van der Waals surface area contributed by atoms with Gasteiger partial charge in [0, 0.05) is 5.33 Å². The van der Waals surface area contributed by atoms with Crippen LogP contribution in [0.4, 0.5) is 9.59 Å². The number of hydrogen-bond acceptors (Lipinski definition) is 7. The Labute approximate surface area is 183 Å². The van der Waals surface area contributed by atoms with Crippen LogP contribution >= 0.6 is 28.6 Å². The quantitative estimate of drug-likeness (QED) is 0.0941. The Hall–Kier alpha value is -1.15. The first-order chi connectivity index (χ1) is 13.6. The largest absolute Gasteiger partial charge is 0.508 e. The zero-order chi connectivity index (χ0) is 21.3. The lowest BCUT2D eigenvalue weighted by Crippen LogP contribution is -2.08. The molecule has 0 radical (unpaired) electrons. The van der Waals surface area contributed by atoms with Gasteiger partial charge in [0.05, 0.1) is 13.2 Å². The van der Waals surface area contributed by atoms with E-state index in [1.165, 1.54) is 18.6 Å². The standard InChI is InChI=1S/C10H17BrO3.C10H18O3S/c1-2-8-13-10(12)14-9-6-4-3-5-7-11;1-2-7-12-10(11)13-8-5-3-4-6-9-14/h2H,1,3-9H2;2,14H,1,3-9H2. The van der Waals surface area contributed by atoms with Crippen LogP contribution in [-0.2, 0) is 18.9 Å².